The molecule has 2 heterocycles. The van der Waals surface area contributed by atoms with E-state index in [0.29, 0.717) is 36.7 Å². The first-order valence-electron chi connectivity index (χ1n) is 12.2. The summed E-state index contributed by atoms with van der Waals surface area (Å²) in [4.78, 5) is 19.6. The highest BCUT2D eigenvalue weighted by atomic mass is 32.1. The number of carbonyl (C=O) groups excluding carboxylic acids is 1. The number of rotatable bonds is 8. The van der Waals surface area contributed by atoms with Crippen LogP contribution < -0.4 is 5.32 Å². The number of hydrogen-bond acceptors (Lipinski definition) is 4. The van der Waals surface area contributed by atoms with E-state index >= 15 is 0 Å². The number of thiazole rings is 1. The summed E-state index contributed by atoms with van der Waals surface area (Å²) >= 11 is 1.31. The summed E-state index contributed by atoms with van der Waals surface area (Å²) < 4.78 is 79.1. The van der Waals surface area contributed by atoms with Crippen LogP contribution in [0, 0.1) is 0 Å². The molecule has 0 radical (unpaired) electrons. The molecule has 1 N–H and O–H groups in total. The molecule has 11 heteroatoms. The minimum absolute atomic E-state index is 0.0738. The molecule has 204 valence electrons. The van der Waals surface area contributed by atoms with Crippen molar-refractivity contribution in [2.24, 2.45) is 0 Å². The molecule has 1 fully saturated rings. The lowest BCUT2D eigenvalue weighted by molar-refractivity contribution is -0.143. The summed E-state index contributed by atoms with van der Waals surface area (Å²) in [6.45, 7) is 1.90. The maximum Gasteiger partial charge on any atom is 0.416 e. The number of hydrogen-bond donors (Lipinski definition) is 1. The number of amides is 1. The van der Waals surface area contributed by atoms with Crippen LogP contribution in [0.4, 0.5) is 26.3 Å². The molecule has 0 aliphatic carbocycles. The second-order valence-corrected chi connectivity index (χ2v) is 10.1. The molecule has 1 aliphatic heterocycles. The van der Waals surface area contributed by atoms with Gasteiger partial charge in [0.15, 0.2) is 0 Å². The maximum absolute atomic E-state index is 13.2. The summed E-state index contributed by atoms with van der Waals surface area (Å²) in [5.74, 6) is -0.666. The molecule has 1 unspecified atom stereocenters. The molecule has 3 aromatic rings. The number of halogens is 6. The predicted molar refractivity (Wildman–Crippen MR) is 133 cm³/mol. The van der Waals surface area contributed by atoms with Gasteiger partial charge in [-0.05, 0) is 74.1 Å². The Labute approximate surface area is 220 Å². The third-order valence-electron chi connectivity index (χ3n) is 6.83. The van der Waals surface area contributed by atoms with Gasteiger partial charge in [-0.15, -0.1) is 11.3 Å². The normalized spacial score (nSPS) is 16.4. The fourth-order valence-electron chi connectivity index (χ4n) is 4.77. The summed E-state index contributed by atoms with van der Waals surface area (Å²) in [6, 6.07) is 11.6. The van der Waals surface area contributed by atoms with E-state index in [1.54, 1.807) is 10.9 Å². The molecule has 1 aromatic heterocycles. The first kappa shape index (κ1) is 28.1. The molecule has 1 saturated heterocycles. The zero-order valence-electron chi connectivity index (χ0n) is 20.4. The number of nitrogens with one attached hydrogen (secondary N) is 1. The summed E-state index contributed by atoms with van der Waals surface area (Å²) in [7, 11) is 0. The second kappa shape index (κ2) is 11.9. The van der Waals surface area contributed by atoms with Gasteiger partial charge in [0, 0.05) is 11.9 Å². The van der Waals surface area contributed by atoms with Crippen LogP contribution in [-0.2, 0) is 23.7 Å². The van der Waals surface area contributed by atoms with Crippen molar-refractivity contribution in [1.82, 2.24) is 15.2 Å². The smallest absolute Gasteiger partial charge is 0.351 e. The topological polar surface area (TPSA) is 45.2 Å². The van der Waals surface area contributed by atoms with Crippen LogP contribution >= 0.6 is 11.3 Å². The molecular formula is C27H27F6N3OS. The third kappa shape index (κ3) is 7.35. The fourth-order valence-corrected chi connectivity index (χ4v) is 5.38. The summed E-state index contributed by atoms with van der Waals surface area (Å²) in [6.07, 6.45) is -7.47. The number of piperidine rings is 1. The molecule has 4 rings (SSSR count). The van der Waals surface area contributed by atoms with Gasteiger partial charge in [0.2, 0.25) is 5.91 Å². The molecule has 4 nitrogen and oxygen atoms in total. The van der Waals surface area contributed by atoms with Crippen molar-refractivity contribution in [1.29, 1.82) is 0 Å². The summed E-state index contributed by atoms with van der Waals surface area (Å²) in [5, 5.41) is 4.27. The zero-order valence-corrected chi connectivity index (χ0v) is 21.2. The van der Waals surface area contributed by atoms with Gasteiger partial charge in [-0.3, -0.25) is 4.79 Å². The highest BCUT2D eigenvalue weighted by molar-refractivity contribution is 7.07. The maximum atomic E-state index is 13.2. The van der Waals surface area contributed by atoms with E-state index < -0.39 is 41.8 Å². The standard InChI is InChI=1S/C27H27F6N3OS/c28-26(29,30)21-12-18(13-22(14-21)27(31,32)33)15-34-25(37)23(24-16-38-17-35-24)8-11-36-9-6-20(7-10-36)19-4-2-1-3-5-19/h1-5,12-14,16-17,20,23H,6-11,15H2,(H,34,37). The Bertz CT molecular complexity index is 1160. The van der Waals surface area contributed by atoms with Crippen LogP contribution in [0.3, 0.4) is 0 Å². The van der Waals surface area contributed by atoms with Gasteiger partial charge in [0.25, 0.3) is 0 Å². The summed E-state index contributed by atoms with van der Waals surface area (Å²) in [5.41, 5.74) is 0.337. The SMILES string of the molecule is O=C(NCc1cc(C(F)(F)F)cc(C(F)(F)F)c1)C(CCN1CCC(c2ccccc2)CC1)c1cscn1. The Morgan fingerprint density at radius 1 is 1.00 bits per heavy atom. The average Bonchev–Trinajstić information content (AvgIpc) is 3.42. The number of nitrogens with zero attached hydrogens (tertiary/aromatic N) is 2. The van der Waals surface area contributed by atoms with Gasteiger partial charge < -0.3 is 10.2 Å². The van der Waals surface area contributed by atoms with Crippen molar-refractivity contribution in [2.75, 3.05) is 19.6 Å². The number of likely N-dealkylation sites (tertiary alicyclic amines) is 1. The van der Waals surface area contributed by atoms with Crippen LogP contribution in [0.25, 0.3) is 0 Å². The Kier molecular flexibility index (Phi) is 8.77. The third-order valence-corrected chi connectivity index (χ3v) is 7.44. The Balaban J connectivity index is 1.39. The van der Waals surface area contributed by atoms with Crippen molar-refractivity contribution >= 4 is 17.2 Å². The average molecular weight is 556 g/mol. The van der Waals surface area contributed by atoms with E-state index in [1.165, 1.54) is 16.9 Å². The molecule has 1 aliphatic rings. The second-order valence-electron chi connectivity index (χ2n) is 9.41. The monoisotopic (exact) mass is 555 g/mol. The number of alkyl halides is 6. The lowest BCUT2D eigenvalue weighted by Crippen LogP contribution is -2.36. The molecule has 0 spiro atoms. The minimum atomic E-state index is -4.95. The Morgan fingerprint density at radius 3 is 2.18 bits per heavy atom. The van der Waals surface area contributed by atoms with Gasteiger partial charge in [-0.2, -0.15) is 26.3 Å². The zero-order chi connectivity index (χ0) is 27.3. The van der Waals surface area contributed by atoms with Crippen LogP contribution in [0.2, 0.25) is 0 Å². The first-order chi connectivity index (χ1) is 18.0. The van der Waals surface area contributed by atoms with E-state index in [9.17, 15) is 31.1 Å². The Morgan fingerprint density at radius 2 is 1.63 bits per heavy atom. The van der Waals surface area contributed by atoms with E-state index in [-0.39, 0.29) is 11.6 Å². The van der Waals surface area contributed by atoms with E-state index in [1.807, 2.05) is 18.2 Å². The van der Waals surface area contributed by atoms with Crippen molar-refractivity contribution in [3.63, 3.8) is 0 Å². The number of carbonyl (C=O) groups is 1. The van der Waals surface area contributed by atoms with Gasteiger partial charge in [-0.1, -0.05) is 30.3 Å². The molecule has 2 aromatic carbocycles. The van der Waals surface area contributed by atoms with Crippen LogP contribution in [-0.4, -0.2) is 35.4 Å². The Hall–Kier alpha value is -2.92. The molecule has 0 bridgehead atoms. The van der Waals surface area contributed by atoms with Crippen molar-refractivity contribution < 1.29 is 31.1 Å². The number of aromatic nitrogens is 1. The van der Waals surface area contributed by atoms with Crippen LogP contribution in [0.1, 0.15) is 59.0 Å². The number of benzene rings is 2. The van der Waals surface area contributed by atoms with Gasteiger partial charge in [0.05, 0.1) is 28.2 Å². The highest BCUT2D eigenvalue weighted by Crippen LogP contribution is 2.36. The fraction of sp³-hybridized carbons (Fsp3) is 0.407. The quantitative estimate of drug-likeness (QED) is 0.309. The largest absolute Gasteiger partial charge is 0.416 e. The van der Waals surface area contributed by atoms with Crippen molar-refractivity contribution in [3.8, 4) is 0 Å². The van der Waals surface area contributed by atoms with Gasteiger partial charge in [0.1, 0.15) is 0 Å². The van der Waals surface area contributed by atoms with E-state index in [0.717, 1.165) is 25.9 Å². The predicted octanol–water partition coefficient (Wildman–Crippen LogP) is 6.85. The highest BCUT2D eigenvalue weighted by Gasteiger charge is 2.37. The lowest BCUT2D eigenvalue weighted by atomic mass is 9.89. The lowest BCUT2D eigenvalue weighted by Gasteiger charge is -2.32. The van der Waals surface area contributed by atoms with Crippen molar-refractivity contribution in [3.05, 3.63) is 87.4 Å². The minimum Gasteiger partial charge on any atom is -0.351 e. The molecule has 1 atom stereocenters. The van der Waals surface area contributed by atoms with Crippen molar-refractivity contribution in [2.45, 2.75) is 50.0 Å². The van der Waals surface area contributed by atoms with Gasteiger partial charge in [-0.25, -0.2) is 4.98 Å². The van der Waals surface area contributed by atoms with E-state index in [2.05, 4.69) is 27.3 Å². The first-order valence-corrected chi connectivity index (χ1v) is 13.2. The molecular weight excluding hydrogens is 528 g/mol. The van der Waals surface area contributed by atoms with Crippen LogP contribution in [0.15, 0.2) is 59.4 Å². The van der Waals surface area contributed by atoms with E-state index in [4.69, 9.17) is 0 Å². The van der Waals surface area contributed by atoms with Gasteiger partial charge >= 0.3 is 12.4 Å². The molecule has 0 saturated carbocycles. The molecule has 1 amide bonds. The van der Waals surface area contributed by atoms with Crippen LogP contribution in [0.5, 0.6) is 0 Å². The molecule has 38 heavy (non-hydrogen) atoms.